The number of rotatable bonds is 7. The summed E-state index contributed by atoms with van der Waals surface area (Å²) in [5, 5.41) is 3.11. The van der Waals surface area contributed by atoms with E-state index in [-0.39, 0.29) is 11.8 Å². The van der Waals surface area contributed by atoms with Crippen molar-refractivity contribution in [2.45, 2.75) is 30.9 Å². The second-order valence-corrected chi connectivity index (χ2v) is 9.39. The molecule has 180 valence electrons. The van der Waals surface area contributed by atoms with E-state index < -0.39 is 0 Å². The van der Waals surface area contributed by atoms with Crippen molar-refractivity contribution in [1.29, 1.82) is 0 Å². The van der Waals surface area contributed by atoms with Crippen LogP contribution in [0.25, 0.3) is 0 Å². The molecule has 1 unspecified atom stereocenters. The molecule has 0 saturated carbocycles. The van der Waals surface area contributed by atoms with Crippen molar-refractivity contribution in [2.75, 3.05) is 26.1 Å². The number of methoxy groups -OCH3 is 2. The number of ether oxygens (including phenoxy) is 3. The highest BCUT2D eigenvalue weighted by molar-refractivity contribution is 9.10. The van der Waals surface area contributed by atoms with Gasteiger partial charge in [0.1, 0.15) is 23.9 Å². The highest BCUT2D eigenvalue weighted by Gasteiger charge is 2.27. The molecule has 1 atom stereocenters. The van der Waals surface area contributed by atoms with Gasteiger partial charge in [-0.1, -0.05) is 41.9 Å². The van der Waals surface area contributed by atoms with Crippen molar-refractivity contribution in [2.24, 2.45) is 5.92 Å². The van der Waals surface area contributed by atoms with Gasteiger partial charge < -0.3 is 19.5 Å². The number of thioether (sulfide) groups is 1. The molecule has 1 heterocycles. The topological polar surface area (TPSA) is 56.8 Å². The van der Waals surface area contributed by atoms with Crippen LogP contribution in [0.2, 0.25) is 0 Å². The number of halogens is 1. The van der Waals surface area contributed by atoms with Crippen LogP contribution in [0.3, 0.4) is 0 Å². The van der Waals surface area contributed by atoms with Crippen molar-refractivity contribution < 1.29 is 19.0 Å². The lowest BCUT2D eigenvalue weighted by atomic mass is 9.95. The van der Waals surface area contributed by atoms with Crippen molar-refractivity contribution >= 4 is 39.3 Å². The number of carbonyl (C=O) groups is 1. The van der Waals surface area contributed by atoms with Crippen LogP contribution in [-0.2, 0) is 17.0 Å². The van der Waals surface area contributed by atoms with Gasteiger partial charge in [0.05, 0.1) is 25.8 Å². The largest absolute Gasteiger partial charge is 0.497 e. The van der Waals surface area contributed by atoms with E-state index in [0.29, 0.717) is 13.0 Å². The van der Waals surface area contributed by atoms with Crippen LogP contribution in [0.1, 0.15) is 25.0 Å². The van der Waals surface area contributed by atoms with Crippen LogP contribution in [0.5, 0.6) is 17.2 Å². The average Bonchev–Trinajstić information content (AvgIpc) is 2.89. The molecule has 5 nitrogen and oxygen atoms in total. The summed E-state index contributed by atoms with van der Waals surface area (Å²) in [5.41, 5.74) is 2.97. The lowest BCUT2D eigenvalue weighted by molar-refractivity contribution is -0.121. The highest BCUT2D eigenvalue weighted by atomic mass is 79.9. The maximum absolute atomic E-state index is 13.1. The predicted octanol–water partition coefficient (Wildman–Crippen LogP) is 6.97. The van der Waals surface area contributed by atoms with Crippen LogP contribution >= 0.6 is 27.7 Å². The first-order valence-corrected chi connectivity index (χ1v) is 13.0. The first kappa shape index (κ1) is 26.0. The maximum Gasteiger partial charge on any atom is 0.231 e. The van der Waals surface area contributed by atoms with Gasteiger partial charge in [-0.15, -0.1) is 11.8 Å². The Hall–Kier alpha value is -2.64. The average molecular weight is 545 g/mol. The normalized spacial score (nSPS) is 14.1. The smallest absolute Gasteiger partial charge is 0.231 e. The Bertz CT molecular complexity index is 1100. The molecule has 1 N–H and O–H groups in total. The van der Waals surface area contributed by atoms with Crippen molar-refractivity contribution in [3.05, 3.63) is 76.3 Å². The zero-order valence-electron chi connectivity index (χ0n) is 19.9. The SMILES string of the molecule is CC.COc1ccc(CSc2cc(Br)ccc2NC(=O)C2COc3ccc(OC)cc3C2)cc1. The summed E-state index contributed by atoms with van der Waals surface area (Å²) in [4.78, 5) is 14.1. The van der Waals surface area contributed by atoms with Crippen molar-refractivity contribution in [3.63, 3.8) is 0 Å². The summed E-state index contributed by atoms with van der Waals surface area (Å²) in [7, 11) is 3.29. The van der Waals surface area contributed by atoms with Gasteiger partial charge in [0.15, 0.2) is 0 Å². The molecular formula is C27H30BrNO4S. The fourth-order valence-electron chi connectivity index (χ4n) is 3.50. The minimum absolute atomic E-state index is 0.0490. The predicted molar refractivity (Wildman–Crippen MR) is 142 cm³/mol. The first-order valence-electron chi connectivity index (χ1n) is 11.2. The summed E-state index contributed by atoms with van der Waals surface area (Å²) >= 11 is 5.22. The summed E-state index contributed by atoms with van der Waals surface area (Å²) in [6, 6.07) is 19.6. The Kier molecular flexibility index (Phi) is 9.72. The number of carbonyl (C=O) groups excluding carboxylic acids is 1. The van der Waals surface area contributed by atoms with Crippen LogP contribution < -0.4 is 19.5 Å². The molecule has 4 rings (SSSR count). The molecule has 0 aliphatic carbocycles. The molecule has 0 fully saturated rings. The number of hydrogen-bond acceptors (Lipinski definition) is 5. The monoisotopic (exact) mass is 543 g/mol. The van der Waals surface area contributed by atoms with Crippen molar-refractivity contribution in [3.8, 4) is 17.2 Å². The number of hydrogen-bond donors (Lipinski definition) is 1. The van der Waals surface area contributed by atoms with Gasteiger partial charge >= 0.3 is 0 Å². The molecule has 3 aromatic carbocycles. The second-order valence-electron chi connectivity index (χ2n) is 7.45. The van der Waals surface area contributed by atoms with Gasteiger partial charge in [0.25, 0.3) is 0 Å². The molecule has 3 aromatic rings. The number of benzene rings is 3. The third-order valence-electron chi connectivity index (χ3n) is 5.30. The van der Waals surface area contributed by atoms with Gasteiger partial charge in [-0.2, -0.15) is 0 Å². The molecule has 0 bridgehead atoms. The van der Waals surface area contributed by atoms with Gasteiger partial charge in [-0.25, -0.2) is 0 Å². The quantitative estimate of drug-likeness (QED) is 0.326. The van der Waals surface area contributed by atoms with Crippen LogP contribution in [0.15, 0.2) is 70.0 Å². The molecule has 0 saturated heterocycles. The summed E-state index contributed by atoms with van der Waals surface area (Å²) in [5.74, 6) is 2.88. The maximum atomic E-state index is 13.1. The van der Waals surface area contributed by atoms with Crippen LogP contribution in [0.4, 0.5) is 5.69 Å². The molecule has 0 radical (unpaired) electrons. The second kappa shape index (κ2) is 12.7. The Morgan fingerprint density at radius 1 is 1.03 bits per heavy atom. The van der Waals surface area contributed by atoms with E-state index in [1.54, 1.807) is 26.0 Å². The Morgan fingerprint density at radius 2 is 1.74 bits per heavy atom. The number of nitrogens with one attached hydrogen (secondary N) is 1. The van der Waals surface area contributed by atoms with Gasteiger partial charge in [-0.05, 0) is 66.1 Å². The fraction of sp³-hybridized carbons (Fsp3) is 0.296. The van der Waals surface area contributed by atoms with Crippen molar-refractivity contribution in [1.82, 2.24) is 0 Å². The minimum Gasteiger partial charge on any atom is -0.497 e. The van der Waals surface area contributed by atoms with Gasteiger partial charge in [-0.3, -0.25) is 4.79 Å². The highest BCUT2D eigenvalue weighted by Crippen LogP contribution is 2.35. The number of anilines is 1. The summed E-state index contributed by atoms with van der Waals surface area (Å²) < 4.78 is 17.3. The molecule has 34 heavy (non-hydrogen) atoms. The lowest BCUT2D eigenvalue weighted by Crippen LogP contribution is -2.32. The molecular weight excluding hydrogens is 514 g/mol. The van der Waals surface area contributed by atoms with E-state index >= 15 is 0 Å². The van der Waals surface area contributed by atoms with E-state index in [9.17, 15) is 4.79 Å². The standard InChI is InChI=1S/C25H24BrNO4S.C2H6/c1-29-20-6-3-16(4-7-20)15-32-24-13-19(26)5-9-22(24)27-25(28)18-11-17-12-21(30-2)8-10-23(17)31-14-18;1-2/h3-10,12-13,18H,11,14-15H2,1-2H3,(H,27,28);1-2H3. The third kappa shape index (κ3) is 6.70. The van der Waals surface area contributed by atoms with E-state index in [1.807, 2.05) is 74.5 Å². The van der Waals surface area contributed by atoms with Gasteiger partial charge in [0.2, 0.25) is 5.91 Å². The third-order valence-corrected chi connectivity index (χ3v) is 6.92. The zero-order chi connectivity index (χ0) is 24.5. The molecule has 7 heteroatoms. The van der Waals surface area contributed by atoms with Gasteiger partial charge in [0, 0.05) is 15.1 Å². The molecule has 1 aliphatic rings. The zero-order valence-corrected chi connectivity index (χ0v) is 22.3. The summed E-state index contributed by atoms with van der Waals surface area (Å²) in [6.45, 7) is 4.36. The minimum atomic E-state index is -0.266. The molecule has 0 aromatic heterocycles. The van der Waals surface area contributed by atoms with E-state index in [1.165, 1.54) is 5.56 Å². The first-order chi connectivity index (χ1) is 16.6. The van der Waals surface area contributed by atoms with E-state index in [0.717, 1.165) is 43.6 Å². The fourth-order valence-corrected chi connectivity index (χ4v) is 5.01. The lowest BCUT2D eigenvalue weighted by Gasteiger charge is -2.25. The number of amides is 1. The molecule has 0 spiro atoms. The van der Waals surface area contributed by atoms with Crippen LogP contribution in [-0.4, -0.2) is 26.7 Å². The van der Waals surface area contributed by atoms with E-state index in [4.69, 9.17) is 14.2 Å². The molecule has 1 amide bonds. The Morgan fingerprint density at radius 3 is 2.44 bits per heavy atom. The molecule has 1 aliphatic heterocycles. The number of fused-ring (bicyclic) bond motifs is 1. The van der Waals surface area contributed by atoms with E-state index in [2.05, 4.69) is 21.2 Å². The Labute approximate surface area is 214 Å². The van der Waals surface area contributed by atoms with Crippen LogP contribution in [0, 0.1) is 5.92 Å². The summed E-state index contributed by atoms with van der Waals surface area (Å²) in [6.07, 6.45) is 0.614. The Balaban J connectivity index is 0.00000158.